The molecule has 0 radical (unpaired) electrons. The van der Waals surface area contributed by atoms with Crippen molar-refractivity contribution < 1.29 is 19.3 Å². The normalized spacial score (nSPS) is 26.9. The number of aliphatic hydroxyl groups is 2. The molecule has 4 rings (SSSR count). The third kappa shape index (κ3) is 3.44. The van der Waals surface area contributed by atoms with Crippen LogP contribution in [-0.4, -0.2) is 55.2 Å². The van der Waals surface area contributed by atoms with E-state index in [2.05, 4.69) is 20.3 Å². The van der Waals surface area contributed by atoms with Gasteiger partial charge in [-0.2, -0.15) is 9.97 Å². The molecular weight excluding hydrogens is 401 g/mol. The van der Waals surface area contributed by atoms with Crippen molar-refractivity contribution in [2.75, 3.05) is 18.5 Å². The summed E-state index contributed by atoms with van der Waals surface area (Å²) in [5, 5.41) is 22.4. The zero-order chi connectivity index (χ0) is 20.6. The molecule has 3 N–H and O–H groups in total. The molecular formula is C19H21ClFN5O3. The van der Waals surface area contributed by atoms with Crippen molar-refractivity contribution in [3.8, 4) is 0 Å². The van der Waals surface area contributed by atoms with Gasteiger partial charge in [0, 0.05) is 6.54 Å². The Morgan fingerprint density at radius 1 is 1.28 bits per heavy atom. The maximum absolute atomic E-state index is 15.2. The minimum Gasteiger partial charge on any atom is -0.396 e. The second kappa shape index (κ2) is 7.83. The van der Waals surface area contributed by atoms with Crippen LogP contribution in [0.4, 0.5) is 10.2 Å². The van der Waals surface area contributed by atoms with Gasteiger partial charge >= 0.3 is 0 Å². The number of rotatable bonds is 6. The maximum atomic E-state index is 15.2. The molecule has 3 aromatic rings. The summed E-state index contributed by atoms with van der Waals surface area (Å²) in [5.41, 5.74) is 0.509. The van der Waals surface area contributed by atoms with Gasteiger partial charge in [-0.25, -0.2) is 9.37 Å². The predicted octanol–water partition coefficient (Wildman–Crippen LogP) is 2.32. The third-order valence-electron chi connectivity index (χ3n) is 5.40. The number of aliphatic hydroxyl groups excluding tert-OH is 2. The molecule has 1 aromatic carbocycles. The number of anilines is 1. The van der Waals surface area contributed by atoms with E-state index < -0.39 is 37.1 Å². The van der Waals surface area contributed by atoms with Gasteiger partial charge in [-0.1, -0.05) is 37.3 Å². The summed E-state index contributed by atoms with van der Waals surface area (Å²) in [7, 11) is 0. The molecule has 2 unspecified atom stereocenters. The Hall–Kier alpha value is -2.33. The van der Waals surface area contributed by atoms with Crippen LogP contribution in [0.1, 0.15) is 18.7 Å². The summed E-state index contributed by atoms with van der Waals surface area (Å²) in [6.07, 6.45) is -2.16. The van der Waals surface area contributed by atoms with Gasteiger partial charge in [0.2, 0.25) is 5.28 Å². The monoisotopic (exact) mass is 421 g/mol. The fourth-order valence-electron chi connectivity index (χ4n) is 3.52. The van der Waals surface area contributed by atoms with Crippen LogP contribution in [0.3, 0.4) is 0 Å². The lowest BCUT2D eigenvalue weighted by Gasteiger charge is -2.27. The van der Waals surface area contributed by atoms with E-state index in [0.717, 1.165) is 5.56 Å². The number of aromatic nitrogens is 4. The molecule has 0 saturated carbocycles. The lowest BCUT2D eigenvalue weighted by Crippen LogP contribution is -2.40. The second-order valence-corrected chi connectivity index (χ2v) is 7.61. The minimum absolute atomic E-state index is 0.0214. The van der Waals surface area contributed by atoms with E-state index in [9.17, 15) is 10.2 Å². The molecule has 2 aromatic heterocycles. The molecule has 1 aliphatic heterocycles. The SMILES string of the molecule is CC1(CO)C(F)[C@H](n2cnc3c(NCc4ccccc4)nc(Cl)nc32)O[C@@H]1CO. The Labute approximate surface area is 171 Å². The molecule has 10 heteroatoms. The average molecular weight is 422 g/mol. The van der Waals surface area contributed by atoms with Gasteiger partial charge in [0.1, 0.15) is 0 Å². The number of halogens is 2. The van der Waals surface area contributed by atoms with Crippen LogP contribution in [0, 0.1) is 5.41 Å². The largest absolute Gasteiger partial charge is 0.396 e. The summed E-state index contributed by atoms with van der Waals surface area (Å²) < 4.78 is 22.3. The van der Waals surface area contributed by atoms with Crippen molar-refractivity contribution in [3.05, 3.63) is 47.5 Å². The lowest BCUT2D eigenvalue weighted by molar-refractivity contribution is -0.0524. The summed E-state index contributed by atoms with van der Waals surface area (Å²) in [6.45, 7) is 1.14. The highest BCUT2D eigenvalue weighted by Gasteiger charge is 2.54. The van der Waals surface area contributed by atoms with Gasteiger partial charge in [0.25, 0.3) is 0 Å². The first-order valence-corrected chi connectivity index (χ1v) is 9.55. The van der Waals surface area contributed by atoms with Crippen molar-refractivity contribution in [2.45, 2.75) is 32.0 Å². The van der Waals surface area contributed by atoms with Gasteiger partial charge < -0.3 is 20.3 Å². The molecule has 1 aliphatic rings. The molecule has 1 fully saturated rings. The Morgan fingerprint density at radius 3 is 2.69 bits per heavy atom. The number of benzene rings is 1. The standard InChI is InChI=1S/C19H21ClFN5O3/c1-19(9-28)12(8-27)29-17(14(19)21)26-10-23-13-15(24-18(20)25-16(13)26)22-7-11-5-3-2-4-6-11/h2-6,10,12,14,17,27-28H,7-9H2,1H3,(H,22,24,25)/t12-,14?,17-,19?/m1/s1. The smallest absolute Gasteiger partial charge is 0.226 e. The summed E-state index contributed by atoms with van der Waals surface area (Å²) >= 11 is 6.10. The van der Waals surface area contributed by atoms with E-state index in [1.807, 2.05) is 30.3 Å². The molecule has 1 saturated heterocycles. The zero-order valence-electron chi connectivity index (χ0n) is 15.7. The van der Waals surface area contributed by atoms with Crippen LogP contribution in [-0.2, 0) is 11.3 Å². The molecule has 8 nitrogen and oxygen atoms in total. The highest BCUT2D eigenvalue weighted by Crippen LogP contribution is 2.46. The predicted molar refractivity (Wildman–Crippen MR) is 105 cm³/mol. The molecule has 3 heterocycles. The van der Waals surface area contributed by atoms with E-state index in [4.69, 9.17) is 16.3 Å². The van der Waals surface area contributed by atoms with E-state index in [0.29, 0.717) is 23.5 Å². The summed E-state index contributed by atoms with van der Waals surface area (Å²) in [6, 6.07) is 9.73. The van der Waals surface area contributed by atoms with E-state index >= 15 is 4.39 Å². The molecule has 0 bridgehead atoms. The molecule has 0 spiro atoms. The lowest BCUT2D eigenvalue weighted by atomic mass is 9.82. The molecule has 29 heavy (non-hydrogen) atoms. The highest BCUT2D eigenvalue weighted by molar-refractivity contribution is 6.28. The number of hydrogen-bond acceptors (Lipinski definition) is 7. The maximum Gasteiger partial charge on any atom is 0.226 e. The summed E-state index contributed by atoms with van der Waals surface area (Å²) in [4.78, 5) is 12.7. The first kappa shape index (κ1) is 20.0. The fraction of sp³-hybridized carbons (Fsp3) is 0.421. The van der Waals surface area contributed by atoms with Crippen LogP contribution < -0.4 is 5.32 Å². The minimum atomic E-state index is -1.59. The van der Waals surface area contributed by atoms with Crippen molar-refractivity contribution in [1.29, 1.82) is 0 Å². The molecule has 0 aliphatic carbocycles. The second-order valence-electron chi connectivity index (χ2n) is 7.27. The first-order chi connectivity index (χ1) is 14.0. The Bertz CT molecular complexity index is 1000. The van der Waals surface area contributed by atoms with Crippen LogP contribution in [0.25, 0.3) is 11.2 Å². The van der Waals surface area contributed by atoms with E-state index in [1.54, 1.807) is 0 Å². The van der Waals surface area contributed by atoms with Crippen molar-refractivity contribution in [3.63, 3.8) is 0 Å². The van der Waals surface area contributed by atoms with Crippen LogP contribution in [0.15, 0.2) is 36.7 Å². The van der Waals surface area contributed by atoms with E-state index in [-0.39, 0.29) is 5.28 Å². The molecule has 4 atom stereocenters. The molecule has 154 valence electrons. The Kier molecular flexibility index (Phi) is 5.39. The van der Waals surface area contributed by atoms with Crippen molar-refractivity contribution in [2.24, 2.45) is 5.41 Å². The first-order valence-electron chi connectivity index (χ1n) is 9.17. The quantitative estimate of drug-likeness (QED) is 0.524. The van der Waals surface area contributed by atoms with Gasteiger partial charge in [-0.3, -0.25) is 4.57 Å². The molecule has 0 amide bonds. The number of alkyl halides is 1. The van der Waals surface area contributed by atoms with E-state index in [1.165, 1.54) is 17.8 Å². The number of hydrogen-bond donors (Lipinski definition) is 3. The Balaban J connectivity index is 1.68. The topological polar surface area (TPSA) is 105 Å². The number of nitrogens with zero attached hydrogens (tertiary/aromatic N) is 4. The van der Waals surface area contributed by atoms with Gasteiger partial charge in [-0.15, -0.1) is 0 Å². The third-order valence-corrected chi connectivity index (χ3v) is 5.57. The Morgan fingerprint density at radius 2 is 2.03 bits per heavy atom. The van der Waals surface area contributed by atoms with Crippen LogP contribution >= 0.6 is 11.6 Å². The summed E-state index contributed by atoms with van der Waals surface area (Å²) in [5.74, 6) is 0.416. The fourth-order valence-corrected chi connectivity index (χ4v) is 3.69. The van der Waals surface area contributed by atoms with Crippen molar-refractivity contribution >= 4 is 28.6 Å². The highest BCUT2D eigenvalue weighted by atomic mass is 35.5. The van der Waals surface area contributed by atoms with Gasteiger partial charge in [0.05, 0.1) is 31.1 Å². The van der Waals surface area contributed by atoms with Crippen LogP contribution in [0.5, 0.6) is 0 Å². The average Bonchev–Trinajstić information content (AvgIpc) is 3.26. The van der Waals surface area contributed by atoms with Crippen molar-refractivity contribution in [1.82, 2.24) is 19.5 Å². The van der Waals surface area contributed by atoms with Gasteiger partial charge in [-0.05, 0) is 17.2 Å². The zero-order valence-corrected chi connectivity index (χ0v) is 16.4. The van der Waals surface area contributed by atoms with Gasteiger partial charge in [0.15, 0.2) is 29.4 Å². The number of ether oxygens (including phenoxy) is 1. The van der Waals surface area contributed by atoms with Crippen LogP contribution in [0.2, 0.25) is 5.28 Å². The number of nitrogens with one attached hydrogen (secondary N) is 1. The number of imidazole rings is 1. The number of fused-ring (bicyclic) bond motifs is 1.